The zero-order valence-corrected chi connectivity index (χ0v) is 28.9. The third-order valence-corrected chi connectivity index (χ3v) is 16.0. The first kappa shape index (κ1) is 34.0. The number of hydrogen-bond donors (Lipinski definition) is 4. The molecule has 0 saturated heterocycles. The summed E-state index contributed by atoms with van der Waals surface area (Å²) in [5.41, 5.74) is 0.424. The first-order valence-electron chi connectivity index (χ1n) is 18.0. The topological polar surface area (TPSA) is 125 Å². The van der Waals surface area contributed by atoms with Crippen LogP contribution in [0.5, 0.6) is 0 Å². The van der Waals surface area contributed by atoms with Gasteiger partial charge in [-0.1, -0.05) is 53.4 Å². The molecule has 11 atom stereocenters. The normalized spacial score (nSPS) is 41.5. The lowest BCUT2D eigenvalue weighted by Crippen LogP contribution is -2.60. The Labute approximate surface area is 267 Å². The van der Waals surface area contributed by atoms with Crippen molar-refractivity contribution in [2.75, 3.05) is 13.6 Å². The van der Waals surface area contributed by atoms with Gasteiger partial charge in [-0.3, -0.25) is 4.79 Å². The highest BCUT2D eigenvalue weighted by Gasteiger charge is 2.65. The number of aliphatic hydroxyl groups excluding tert-OH is 1. The molecule has 0 aliphatic heterocycles. The minimum Gasteiger partial charge on any atom is -0.393 e. The molecule has 0 radical (unpaired) electrons. The van der Waals surface area contributed by atoms with Crippen molar-refractivity contribution in [3.63, 3.8) is 0 Å². The van der Waals surface area contributed by atoms with Crippen molar-refractivity contribution in [2.45, 2.75) is 135 Å². The molecule has 0 aromatic carbocycles. The first-order valence-corrected chi connectivity index (χ1v) is 19.6. The van der Waals surface area contributed by atoms with Crippen LogP contribution in [0.4, 0.5) is 4.79 Å². The molecule has 5 aliphatic rings. The summed E-state index contributed by atoms with van der Waals surface area (Å²) in [4.78, 5) is 25.6. The number of fused-ring (bicyclic) bond motifs is 5. The highest BCUT2D eigenvalue weighted by molar-refractivity contribution is 7.90. The minimum absolute atomic E-state index is 0.150. The van der Waals surface area contributed by atoms with Gasteiger partial charge in [0, 0.05) is 20.0 Å². The third-order valence-electron chi connectivity index (χ3n) is 14.2. The predicted octanol–water partition coefficient (Wildman–Crippen LogP) is 5.99. The van der Waals surface area contributed by atoms with Gasteiger partial charge in [0.15, 0.2) is 0 Å². The van der Waals surface area contributed by atoms with Crippen LogP contribution in [-0.4, -0.2) is 50.4 Å². The van der Waals surface area contributed by atoms with Gasteiger partial charge in [-0.25, -0.2) is 17.9 Å². The van der Waals surface area contributed by atoms with Crippen LogP contribution in [0.15, 0.2) is 0 Å². The van der Waals surface area contributed by atoms with Crippen molar-refractivity contribution in [1.29, 1.82) is 0 Å². The Morgan fingerprint density at radius 3 is 2.27 bits per heavy atom. The molecule has 4 N–H and O–H groups in total. The molecule has 252 valence electrons. The van der Waals surface area contributed by atoms with Gasteiger partial charge in [0.1, 0.15) is 0 Å². The van der Waals surface area contributed by atoms with Crippen LogP contribution < -0.4 is 15.4 Å². The van der Waals surface area contributed by atoms with E-state index in [1.54, 1.807) is 7.05 Å². The molecule has 0 aromatic heterocycles. The first-order chi connectivity index (χ1) is 20.9. The van der Waals surface area contributed by atoms with Gasteiger partial charge >= 0.3 is 6.03 Å². The average Bonchev–Trinajstić information content (AvgIpc) is 3.35. The molecular formula is C35H61N3O5S. The molecule has 0 bridgehead atoms. The maximum absolute atomic E-state index is 13.0. The number of carbonyl (C=O) groups excluding carboxylic acids is 2. The number of aliphatic hydroxyl groups is 1. The lowest BCUT2D eigenvalue weighted by molar-refractivity contribution is -0.183. The summed E-state index contributed by atoms with van der Waals surface area (Å²) in [6.45, 7) is 10.1. The lowest BCUT2D eigenvalue weighted by atomic mass is 9.39. The molecule has 0 aromatic rings. The van der Waals surface area contributed by atoms with Crippen LogP contribution in [-0.2, 0) is 14.8 Å². The van der Waals surface area contributed by atoms with Crippen LogP contribution in [0.1, 0.15) is 124 Å². The van der Waals surface area contributed by atoms with Crippen molar-refractivity contribution in [3.05, 3.63) is 0 Å². The standard InChI is InChI=1S/C35H61N3O5S/c1-6-25-26(21-31(40)36-5)32-28-13-12-27(34(28,3)18-15-29(32)35(4)17-14-23(39)20-30(25)35)22(2)16-19-37-33(41)38-44(42,43)24-10-8-7-9-11-24/h22-30,32,39H,6-21H2,1-5H3,(H,36,40)(H2,37,38,41)/t22-,23-,25+,26-,27-,28+,29+,30+,32+,34-,35-/m1/s1. The maximum Gasteiger partial charge on any atom is 0.328 e. The molecular weight excluding hydrogens is 574 g/mol. The van der Waals surface area contributed by atoms with Gasteiger partial charge in [-0.05, 0) is 122 Å². The average molecular weight is 636 g/mol. The minimum atomic E-state index is -3.63. The highest BCUT2D eigenvalue weighted by atomic mass is 32.2. The third kappa shape index (κ3) is 6.31. The summed E-state index contributed by atoms with van der Waals surface area (Å²) in [5.74, 6) is 4.10. The van der Waals surface area contributed by atoms with Gasteiger partial charge in [0.25, 0.3) is 0 Å². The lowest BCUT2D eigenvalue weighted by Gasteiger charge is -2.66. The quantitative estimate of drug-likeness (QED) is 0.248. The summed E-state index contributed by atoms with van der Waals surface area (Å²) < 4.78 is 27.7. The van der Waals surface area contributed by atoms with E-state index in [1.807, 2.05) is 0 Å². The molecule has 0 heterocycles. The molecule has 3 amide bonds. The largest absolute Gasteiger partial charge is 0.393 e. The monoisotopic (exact) mass is 635 g/mol. The van der Waals surface area contributed by atoms with E-state index in [0.717, 1.165) is 51.4 Å². The van der Waals surface area contributed by atoms with Gasteiger partial charge in [0.2, 0.25) is 15.9 Å². The van der Waals surface area contributed by atoms with Crippen molar-refractivity contribution in [2.24, 2.45) is 58.2 Å². The Hall–Kier alpha value is -1.35. The van der Waals surface area contributed by atoms with E-state index in [-0.39, 0.29) is 22.8 Å². The highest BCUT2D eigenvalue weighted by Crippen LogP contribution is 2.71. The van der Waals surface area contributed by atoms with Gasteiger partial charge < -0.3 is 15.7 Å². The Balaban J connectivity index is 1.27. The zero-order valence-electron chi connectivity index (χ0n) is 28.1. The van der Waals surface area contributed by atoms with E-state index in [0.29, 0.717) is 73.2 Å². The number of nitrogens with one attached hydrogen (secondary N) is 3. The fourth-order valence-corrected chi connectivity index (χ4v) is 13.5. The second-order valence-corrected chi connectivity index (χ2v) is 18.1. The summed E-state index contributed by atoms with van der Waals surface area (Å²) in [6.07, 6.45) is 14.1. The fourth-order valence-electron chi connectivity index (χ4n) is 12.0. The van der Waals surface area contributed by atoms with Gasteiger partial charge in [-0.15, -0.1) is 0 Å². The van der Waals surface area contributed by atoms with Crippen molar-refractivity contribution in [3.8, 4) is 0 Å². The Kier molecular flexibility index (Phi) is 10.4. The molecule has 5 aliphatic carbocycles. The number of carbonyl (C=O) groups is 2. The maximum atomic E-state index is 13.0. The molecule has 44 heavy (non-hydrogen) atoms. The predicted molar refractivity (Wildman–Crippen MR) is 174 cm³/mol. The molecule has 8 nitrogen and oxygen atoms in total. The van der Waals surface area contributed by atoms with E-state index >= 15 is 0 Å². The van der Waals surface area contributed by atoms with E-state index in [9.17, 15) is 23.1 Å². The second kappa shape index (κ2) is 13.4. The molecule has 9 heteroatoms. The van der Waals surface area contributed by atoms with Crippen molar-refractivity contribution < 1.29 is 23.1 Å². The SMILES string of the molecule is CC[C@H]1[C@@H](CC(=O)NC)[C@@H]2[C@H](CC[C@]3(C)[C@@H]([C@H](C)CCNC(=O)NS(=O)(=O)C4CCCCC4)CC[C@@H]23)[C@@]2(C)CC[C@@H](O)C[C@@H]12. The Morgan fingerprint density at radius 1 is 0.909 bits per heavy atom. The molecule has 5 fully saturated rings. The van der Waals surface area contributed by atoms with E-state index in [2.05, 4.69) is 43.1 Å². The van der Waals surface area contributed by atoms with Crippen LogP contribution in [0.3, 0.4) is 0 Å². The van der Waals surface area contributed by atoms with E-state index < -0.39 is 21.3 Å². The van der Waals surface area contributed by atoms with E-state index in [4.69, 9.17) is 0 Å². The number of sulfonamides is 1. The summed E-state index contributed by atoms with van der Waals surface area (Å²) in [5, 5.41) is 16.1. The van der Waals surface area contributed by atoms with Crippen molar-refractivity contribution >= 4 is 22.0 Å². The molecule has 5 rings (SSSR count). The summed E-state index contributed by atoms with van der Waals surface area (Å²) >= 11 is 0. The molecule has 0 spiro atoms. The van der Waals surface area contributed by atoms with Gasteiger partial charge in [0.05, 0.1) is 11.4 Å². The summed E-state index contributed by atoms with van der Waals surface area (Å²) in [6, 6.07) is -0.593. The van der Waals surface area contributed by atoms with Crippen LogP contribution in [0, 0.1) is 58.2 Å². The summed E-state index contributed by atoms with van der Waals surface area (Å²) in [7, 11) is -1.87. The van der Waals surface area contributed by atoms with Crippen molar-refractivity contribution in [1.82, 2.24) is 15.4 Å². The number of urea groups is 1. The van der Waals surface area contributed by atoms with Crippen LogP contribution >= 0.6 is 0 Å². The number of rotatable bonds is 9. The number of amides is 3. The van der Waals surface area contributed by atoms with Crippen LogP contribution in [0.2, 0.25) is 0 Å². The second-order valence-electron chi connectivity index (χ2n) is 16.1. The zero-order chi connectivity index (χ0) is 31.9. The smallest absolute Gasteiger partial charge is 0.328 e. The van der Waals surface area contributed by atoms with E-state index in [1.165, 1.54) is 25.7 Å². The molecule has 0 unspecified atom stereocenters. The Bertz CT molecular complexity index is 1140. The fraction of sp³-hybridized carbons (Fsp3) is 0.943. The van der Waals surface area contributed by atoms with Gasteiger partial charge in [-0.2, -0.15) is 0 Å². The Morgan fingerprint density at radius 2 is 1.59 bits per heavy atom. The molecule has 5 saturated carbocycles. The van der Waals surface area contributed by atoms with Crippen LogP contribution in [0.25, 0.3) is 0 Å². The number of hydrogen-bond acceptors (Lipinski definition) is 5.